The molecule has 0 heterocycles. The molecule has 3 aromatic carbocycles. The first-order valence-electron chi connectivity index (χ1n) is 9.40. The topological polar surface area (TPSA) is 67.4 Å². The van der Waals surface area contributed by atoms with Gasteiger partial charge in [-0.05, 0) is 54.6 Å². The van der Waals surface area contributed by atoms with Crippen LogP contribution in [0.25, 0.3) is 0 Å². The summed E-state index contributed by atoms with van der Waals surface area (Å²) in [7, 11) is 1.52. The predicted molar refractivity (Wildman–Crippen MR) is 118 cm³/mol. The van der Waals surface area contributed by atoms with Gasteiger partial charge >= 0.3 is 6.18 Å². The van der Waals surface area contributed by atoms with Crippen molar-refractivity contribution in [2.75, 3.05) is 23.5 Å². The number of anilines is 2. The summed E-state index contributed by atoms with van der Waals surface area (Å²) in [5.41, 5.74) is -0.167. The van der Waals surface area contributed by atoms with Crippen LogP contribution in [0.15, 0.2) is 77.7 Å². The molecule has 32 heavy (non-hydrogen) atoms. The minimum Gasteiger partial charge on any atom is -0.497 e. The maximum atomic E-state index is 13.0. The highest BCUT2D eigenvalue weighted by atomic mass is 32.2. The average Bonchev–Trinajstić information content (AvgIpc) is 2.78. The molecule has 0 aliphatic rings. The molecule has 0 fully saturated rings. The zero-order chi connectivity index (χ0) is 23.1. The molecule has 0 unspecified atom stereocenters. The molecule has 0 bridgehead atoms. The minimum absolute atomic E-state index is 0.0678. The van der Waals surface area contributed by atoms with Gasteiger partial charge in [0, 0.05) is 16.1 Å². The zero-order valence-corrected chi connectivity index (χ0v) is 17.7. The third-order valence-corrected chi connectivity index (χ3v) is 5.33. The van der Waals surface area contributed by atoms with E-state index in [-0.39, 0.29) is 17.3 Å². The quantitative estimate of drug-likeness (QED) is 0.444. The minimum atomic E-state index is -4.55. The van der Waals surface area contributed by atoms with E-state index in [0.29, 0.717) is 17.0 Å². The standard InChI is InChI=1S/C23H19F3N2O3S/c1-31-17-6-4-5-15(13-17)22(30)27-16-9-11-18(12-10-16)32-14-21(29)28-20-8-3-2-7-19(20)23(24,25)26/h2-13H,14H2,1H3,(H,27,30)(H,28,29). The van der Waals surface area contributed by atoms with Gasteiger partial charge in [0.15, 0.2) is 0 Å². The van der Waals surface area contributed by atoms with E-state index in [0.717, 1.165) is 11.0 Å². The van der Waals surface area contributed by atoms with Gasteiger partial charge in [-0.3, -0.25) is 9.59 Å². The van der Waals surface area contributed by atoms with Crippen molar-refractivity contribution >= 4 is 35.0 Å². The number of rotatable bonds is 7. The second kappa shape index (κ2) is 10.2. The van der Waals surface area contributed by atoms with E-state index in [1.807, 2.05) is 0 Å². The van der Waals surface area contributed by atoms with Crippen molar-refractivity contribution in [1.82, 2.24) is 0 Å². The van der Waals surface area contributed by atoms with E-state index in [1.165, 1.54) is 37.1 Å². The lowest BCUT2D eigenvalue weighted by Gasteiger charge is -2.13. The number of hydrogen-bond acceptors (Lipinski definition) is 4. The third-order valence-electron chi connectivity index (χ3n) is 4.32. The first-order valence-corrected chi connectivity index (χ1v) is 10.4. The molecule has 9 heteroatoms. The highest BCUT2D eigenvalue weighted by molar-refractivity contribution is 8.00. The van der Waals surface area contributed by atoms with Gasteiger partial charge in [-0.25, -0.2) is 0 Å². The summed E-state index contributed by atoms with van der Waals surface area (Å²) in [6, 6.07) is 18.3. The number of alkyl halides is 3. The molecule has 0 atom stereocenters. The Kier molecular flexibility index (Phi) is 7.42. The van der Waals surface area contributed by atoms with E-state index in [9.17, 15) is 22.8 Å². The first-order chi connectivity index (χ1) is 15.3. The van der Waals surface area contributed by atoms with Crippen LogP contribution in [0.3, 0.4) is 0 Å². The van der Waals surface area contributed by atoms with Crippen molar-refractivity contribution in [2.24, 2.45) is 0 Å². The number of carbonyl (C=O) groups excluding carboxylic acids is 2. The predicted octanol–water partition coefficient (Wildman–Crippen LogP) is 5.70. The summed E-state index contributed by atoms with van der Waals surface area (Å²) < 4.78 is 44.2. The fraction of sp³-hybridized carbons (Fsp3) is 0.130. The Balaban J connectivity index is 1.55. The normalized spacial score (nSPS) is 11.0. The van der Waals surface area contributed by atoms with Crippen LogP contribution in [-0.2, 0) is 11.0 Å². The van der Waals surface area contributed by atoms with Gasteiger partial charge in [-0.15, -0.1) is 11.8 Å². The molecular weight excluding hydrogens is 441 g/mol. The molecule has 0 spiro atoms. The molecule has 166 valence electrons. The fourth-order valence-electron chi connectivity index (χ4n) is 2.78. The molecular formula is C23H19F3N2O3S. The van der Waals surface area contributed by atoms with Gasteiger partial charge in [0.2, 0.25) is 5.91 Å². The SMILES string of the molecule is COc1cccc(C(=O)Nc2ccc(SCC(=O)Nc3ccccc3C(F)(F)F)cc2)c1. The smallest absolute Gasteiger partial charge is 0.418 e. The number of halogens is 3. The van der Waals surface area contributed by atoms with Crippen LogP contribution in [0.4, 0.5) is 24.5 Å². The second-order valence-electron chi connectivity index (χ2n) is 6.59. The number of thioether (sulfide) groups is 1. The molecule has 0 aliphatic carbocycles. The van der Waals surface area contributed by atoms with Crippen LogP contribution in [0.2, 0.25) is 0 Å². The average molecular weight is 460 g/mol. The number of nitrogens with one attached hydrogen (secondary N) is 2. The van der Waals surface area contributed by atoms with Crippen molar-refractivity contribution in [3.63, 3.8) is 0 Å². The van der Waals surface area contributed by atoms with Crippen molar-refractivity contribution < 1.29 is 27.5 Å². The Morgan fingerprint density at radius 1 is 0.938 bits per heavy atom. The molecule has 0 saturated heterocycles. The molecule has 5 nitrogen and oxygen atoms in total. The van der Waals surface area contributed by atoms with E-state index < -0.39 is 17.6 Å². The summed E-state index contributed by atoms with van der Waals surface area (Å²) >= 11 is 1.17. The Labute approximate surface area is 187 Å². The first kappa shape index (κ1) is 23.2. The van der Waals surface area contributed by atoms with Gasteiger partial charge in [0.05, 0.1) is 24.1 Å². The Hall–Kier alpha value is -3.46. The van der Waals surface area contributed by atoms with E-state index >= 15 is 0 Å². The van der Waals surface area contributed by atoms with Crippen LogP contribution in [-0.4, -0.2) is 24.7 Å². The van der Waals surface area contributed by atoms with Gasteiger partial charge in [-0.2, -0.15) is 13.2 Å². The number of para-hydroxylation sites is 1. The van der Waals surface area contributed by atoms with Crippen LogP contribution in [0.5, 0.6) is 5.75 Å². The summed E-state index contributed by atoms with van der Waals surface area (Å²) in [6.07, 6.45) is -4.55. The number of hydrogen-bond donors (Lipinski definition) is 2. The summed E-state index contributed by atoms with van der Waals surface area (Å²) in [4.78, 5) is 25.2. The van der Waals surface area contributed by atoms with Gasteiger partial charge in [-0.1, -0.05) is 18.2 Å². The van der Waals surface area contributed by atoms with Crippen molar-refractivity contribution in [3.05, 3.63) is 83.9 Å². The molecule has 3 rings (SSSR count). The third kappa shape index (κ3) is 6.27. The largest absolute Gasteiger partial charge is 0.497 e. The lowest BCUT2D eigenvalue weighted by molar-refractivity contribution is -0.137. The molecule has 0 aliphatic heterocycles. The molecule has 3 aromatic rings. The number of carbonyl (C=O) groups is 2. The van der Waals surface area contributed by atoms with Gasteiger partial charge in [0.25, 0.3) is 5.91 Å². The van der Waals surface area contributed by atoms with Crippen molar-refractivity contribution in [1.29, 1.82) is 0 Å². The highest BCUT2D eigenvalue weighted by Crippen LogP contribution is 2.34. The highest BCUT2D eigenvalue weighted by Gasteiger charge is 2.33. The van der Waals surface area contributed by atoms with Crippen molar-refractivity contribution in [3.8, 4) is 5.75 Å². The van der Waals surface area contributed by atoms with Crippen LogP contribution in [0, 0.1) is 0 Å². The van der Waals surface area contributed by atoms with Gasteiger partial charge < -0.3 is 15.4 Å². The monoisotopic (exact) mass is 460 g/mol. The Morgan fingerprint density at radius 3 is 2.34 bits per heavy atom. The lowest BCUT2D eigenvalue weighted by Crippen LogP contribution is -2.18. The molecule has 2 N–H and O–H groups in total. The second-order valence-corrected chi connectivity index (χ2v) is 7.64. The van der Waals surface area contributed by atoms with Crippen LogP contribution in [0.1, 0.15) is 15.9 Å². The number of amides is 2. The molecule has 0 aromatic heterocycles. The molecule has 2 amide bonds. The molecule has 0 saturated carbocycles. The maximum Gasteiger partial charge on any atom is 0.418 e. The number of methoxy groups -OCH3 is 1. The van der Waals surface area contributed by atoms with Crippen LogP contribution < -0.4 is 15.4 Å². The van der Waals surface area contributed by atoms with E-state index in [1.54, 1.807) is 48.5 Å². The van der Waals surface area contributed by atoms with E-state index in [2.05, 4.69) is 10.6 Å². The Bertz CT molecular complexity index is 1100. The molecule has 0 radical (unpaired) electrons. The van der Waals surface area contributed by atoms with E-state index in [4.69, 9.17) is 4.74 Å². The summed E-state index contributed by atoms with van der Waals surface area (Å²) in [5.74, 6) is -0.350. The van der Waals surface area contributed by atoms with Gasteiger partial charge in [0.1, 0.15) is 5.75 Å². The Morgan fingerprint density at radius 2 is 1.66 bits per heavy atom. The van der Waals surface area contributed by atoms with Crippen molar-refractivity contribution in [2.45, 2.75) is 11.1 Å². The lowest BCUT2D eigenvalue weighted by atomic mass is 10.1. The maximum absolute atomic E-state index is 13.0. The summed E-state index contributed by atoms with van der Waals surface area (Å²) in [5, 5.41) is 5.07. The number of benzene rings is 3. The number of ether oxygens (including phenoxy) is 1. The zero-order valence-electron chi connectivity index (χ0n) is 16.9. The fourth-order valence-corrected chi connectivity index (χ4v) is 3.48. The summed E-state index contributed by atoms with van der Waals surface area (Å²) in [6.45, 7) is 0. The van der Waals surface area contributed by atoms with Crippen LogP contribution >= 0.6 is 11.8 Å².